The molecule has 98 valence electrons. The maximum atomic E-state index is 13.4. The lowest BCUT2D eigenvalue weighted by Gasteiger charge is -2.09. The van der Waals surface area contributed by atoms with Crippen LogP contribution in [-0.4, -0.2) is 5.78 Å². The number of halogens is 2. The van der Waals surface area contributed by atoms with E-state index >= 15 is 0 Å². The maximum absolute atomic E-state index is 13.4. The third-order valence-electron chi connectivity index (χ3n) is 2.71. The van der Waals surface area contributed by atoms with Crippen LogP contribution in [-0.2, 0) is 0 Å². The zero-order valence-electron chi connectivity index (χ0n) is 10.5. The second-order valence-corrected chi connectivity index (χ2v) is 5.07. The van der Waals surface area contributed by atoms with Gasteiger partial charge in [-0.05, 0) is 59.6 Å². The molecule has 0 saturated carbocycles. The molecule has 0 aliphatic heterocycles. The van der Waals surface area contributed by atoms with Crippen LogP contribution in [0, 0.1) is 12.7 Å². The van der Waals surface area contributed by atoms with E-state index in [0.717, 1.165) is 0 Å². The van der Waals surface area contributed by atoms with Crippen LogP contribution in [0.2, 0.25) is 0 Å². The van der Waals surface area contributed by atoms with E-state index in [-0.39, 0.29) is 11.6 Å². The summed E-state index contributed by atoms with van der Waals surface area (Å²) >= 11 is 3.33. The Labute approximate surface area is 119 Å². The molecule has 0 aliphatic rings. The average molecular weight is 323 g/mol. The van der Waals surface area contributed by atoms with Crippen molar-refractivity contribution in [3.63, 3.8) is 0 Å². The van der Waals surface area contributed by atoms with Crippen LogP contribution in [0.3, 0.4) is 0 Å². The van der Waals surface area contributed by atoms with Crippen molar-refractivity contribution in [1.82, 2.24) is 0 Å². The minimum Gasteiger partial charge on any atom is -0.456 e. The van der Waals surface area contributed by atoms with E-state index in [9.17, 15) is 9.18 Å². The Balaban J connectivity index is 2.28. The monoisotopic (exact) mass is 322 g/mol. The van der Waals surface area contributed by atoms with Gasteiger partial charge in [-0.2, -0.15) is 0 Å². The highest BCUT2D eigenvalue weighted by molar-refractivity contribution is 9.10. The van der Waals surface area contributed by atoms with Gasteiger partial charge in [-0.15, -0.1) is 0 Å². The van der Waals surface area contributed by atoms with E-state index in [4.69, 9.17) is 4.74 Å². The molecule has 0 saturated heterocycles. The predicted molar refractivity (Wildman–Crippen MR) is 75.4 cm³/mol. The molecule has 0 fully saturated rings. The molecule has 0 unspecified atom stereocenters. The number of benzene rings is 2. The fourth-order valence-electron chi connectivity index (χ4n) is 1.57. The van der Waals surface area contributed by atoms with Crippen LogP contribution in [0.15, 0.2) is 40.9 Å². The Morgan fingerprint density at radius 3 is 2.53 bits per heavy atom. The molecule has 19 heavy (non-hydrogen) atoms. The van der Waals surface area contributed by atoms with Crippen LogP contribution in [0.4, 0.5) is 4.39 Å². The number of ketones is 1. The van der Waals surface area contributed by atoms with Gasteiger partial charge in [0.2, 0.25) is 0 Å². The predicted octanol–water partition coefficient (Wildman–Crippen LogP) is 4.89. The van der Waals surface area contributed by atoms with Crippen molar-refractivity contribution in [3.05, 3.63) is 57.8 Å². The summed E-state index contributed by atoms with van der Waals surface area (Å²) in [5.41, 5.74) is 1.16. The second-order valence-electron chi connectivity index (χ2n) is 4.21. The van der Waals surface area contributed by atoms with E-state index in [1.54, 1.807) is 37.3 Å². The normalized spacial score (nSPS) is 10.3. The van der Waals surface area contributed by atoms with Gasteiger partial charge in [0.1, 0.15) is 17.3 Å². The van der Waals surface area contributed by atoms with Gasteiger partial charge in [0.25, 0.3) is 0 Å². The van der Waals surface area contributed by atoms with Crippen molar-refractivity contribution in [3.8, 4) is 11.5 Å². The van der Waals surface area contributed by atoms with Crippen molar-refractivity contribution >= 4 is 21.7 Å². The van der Waals surface area contributed by atoms with Gasteiger partial charge < -0.3 is 4.74 Å². The van der Waals surface area contributed by atoms with Gasteiger partial charge in [0.05, 0.1) is 4.47 Å². The van der Waals surface area contributed by atoms with Crippen LogP contribution in [0.1, 0.15) is 22.8 Å². The molecule has 2 nitrogen and oxygen atoms in total. The summed E-state index contributed by atoms with van der Waals surface area (Å²) < 4.78 is 19.7. The lowest BCUT2D eigenvalue weighted by Crippen LogP contribution is -1.93. The van der Waals surface area contributed by atoms with Gasteiger partial charge in [-0.3, -0.25) is 4.79 Å². The number of carbonyl (C=O) groups is 1. The summed E-state index contributed by atoms with van der Waals surface area (Å²) in [4.78, 5) is 11.2. The quantitative estimate of drug-likeness (QED) is 0.752. The Bertz CT molecular complexity index is 638. The first-order chi connectivity index (χ1) is 8.97. The van der Waals surface area contributed by atoms with Gasteiger partial charge in [-0.25, -0.2) is 4.39 Å². The highest BCUT2D eigenvalue weighted by Crippen LogP contribution is 2.31. The lowest BCUT2D eigenvalue weighted by molar-refractivity contribution is 0.101. The van der Waals surface area contributed by atoms with E-state index in [0.29, 0.717) is 27.1 Å². The molecule has 4 heteroatoms. The third kappa shape index (κ3) is 3.20. The number of aryl methyl sites for hydroxylation is 1. The largest absolute Gasteiger partial charge is 0.456 e. The summed E-state index contributed by atoms with van der Waals surface area (Å²) in [6.45, 7) is 3.19. The smallest absolute Gasteiger partial charge is 0.159 e. The van der Waals surface area contributed by atoms with Crippen molar-refractivity contribution in [1.29, 1.82) is 0 Å². The molecule has 0 aromatic heterocycles. The second kappa shape index (κ2) is 5.53. The van der Waals surface area contributed by atoms with E-state index in [1.165, 1.54) is 13.0 Å². The molecule has 2 aromatic carbocycles. The average Bonchev–Trinajstić information content (AvgIpc) is 2.36. The van der Waals surface area contributed by atoms with Crippen molar-refractivity contribution < 1.29 is 13.9 Å². The summed E-state index contributed by atoms with van der Waals surface area (Å²) in [5, 5.41) is 0. The Kier molecular flexibility index (Phi) is 4.00. The van der Waals surface area contributed by atoms with E-state index < -0.39 is 0 Å². The number of rotatable bonds is 3. The first-order valence-electron chi connectivity index (χ1n) is 5.72. The number of hydrogen-bond donors (Lipinski definition) is 0. The maximum Gasteiger partial charge on any atom is 0.159 e. The van der Waals surface area contributed by atoms with Crippen LogP contribution < -0.4 is 4.74 Å². The zero-order chi connectivity index (χ0) is 14.0. The number of hydrogen-bond acceptors (Lipinski definition) is 2. The molecule has 2 rings (SSSR count). The molecule has 0 bridgehead atoms. The topological polar surface area (TPSA) is 26.3 Å². The lowest BCUT2D eigenvalue weighted by atomic mass is 10.1. The fourth-order valence-corrected chi connectivity index (χ4v) is 2.03. The van der Waals surface area contributed by atoms with Crippen LogP contribution in [0.25, 0.3) is 0 Å². The molecule has 0 heterocycles. The highest BCUT2D eigenvalue weighted by atomic mass is 79.9. The third-order valence-corrected chi connectivity index (χ3v) is 3.33. The molecule has 0 radical (unpaired) electrons. The molecule has 0 atom stereocenters. The van der Waals surface area contributed by atoms with Gasteiger partial charge in [-0.1, -0.05) is 6.07 Å². The number of ether oxygens (including phenoxy) is 1. The summed E-state index contributed by atoms with van der Waals surface area (Å²) in [5.74, 6) is 0.621. The SMILES string of the molecule is CC(=O)c1ccc(Oc2ccc(C)c(F)c2)c(Br)c1. The summed E-state index contributed by atoms with van der Waals surface area (Å²) in [6, 6.07) is 9.72. The van der Waals surface area contributed by atoms with E-state index in [1.807, 2.05) is 0 Å². The molecule has 0 N–H and O–H groups in total. The standard InChI is InChI=1S/C15H12BrFO2/c1-9-3-5-12(8-14(9)17)19-15-6-4-11(10(2)18)7-13(15)16/h3-8H,1-2H3. The van der Waals surface area contributed by atoms with Crippen LogP contribution >= 0.6 is 15.9 Å². The van der Waals surface area contributed by atoms with Crippen molar-refractivity contribution in [2.75, 3.05) is 0 Å². The highest BCUT2D eigenvalue weighted by Gasteiger charge is 2.08. The first-order valence-corrected chi connectivity index (χ1v) is 6.51. The fraction of sp³-hybridized carbons (Fsp3) is 0.133. The summed E-state index contributed by atoms with van der Waals surface area (Å²) in [7, 11) is 0. The van der Waals surface area contributed by atoms with Crippen molar-refractivity contribution in [2.45, 2.75) is 13.8 Å². The molecule has 0 aliphatic carbocycles. The van der Waals surface area contributed by atoms with Crippen molar-refractivity contribution in [2.24, 2.45) is 0 Å². The van der Waals surface area contributed by atoms with Gasteiger partial charge in [0, 0.05) is 11.6 Å². The minimum atomic E-state index is -0.311. The first kappa shape index (κ1) is 13.7. The zero-order valence-corrected chi connectivity index (χ0v) is 12.1. The Morgan fingerprint density at radius 2 is 1.95 bits per heavy atom. The molecule has 0 spiro atoms. The number of carbonyl (C=O) groups excluding carboxylic acids is 1. The van der Waals surface area contributed by atoms with Gasteiger partial charge in [0.15, 0.2) is 5.78 Å². The Morgan fingerprint density at radius 1 is 1.21 bits per heavy atom. The summed E-state index contributed by atoms with van der Waals surface area (Å²) in [6.07, 6.45) is 0. The Hall–Kier alpha value is -1.68. The minimum absolute atomic E-state index is 0.0198. The van der Waals surface area contributed by atoms with E-state index in [2.05, 4.69) is 15.9 Å². The van der Waals surface area contributed by atoms with Crippen LogP contribution in [0.5, 0.6) is 11.5 Å². The molecular formula is C15H12BrFO2. The molecule has 2 aromatic rings. The molecular weight excluding hydrogens is 311 g/mol. The molecule has 0 amide bonds. The number of Topliss-reactive ketones (excluding diaryl/α,β-unsaturated/α-hetero) is 1. The van der Waals surface area contributed by atoms with Gasteiger partial charge >= 0.3 is 0 Å².